The van der Waals surface area contributed by atoms with Crippen molar-refractivity contribution in [2.45, 2.75) is 33.6 Å². The summed E-state index contributed by atoms with van der Waals surface area (Å²) in [7, 11) is 0. The highest BCUT2D eigenvalue weighted by molar-refractivity contribution is 5.96. The number of hydrazone groups is 1. The smallest absolute Gasteiger partial charge is 0.271 e. The molecule has 3 rings (SSSR count). The molecule has 186 valence electrons. The van der Waals surface area contributed by atoms with Gasteiger partial charge in [-0.05, 0) is 68.5 Å². The van der Waals surface area contributed by atoms with Gasteiger partial charge in [-0.15, -0.1) is 0 Å². The molecule has 7 heteroatoms. The normalized spacial score (nSPS) is 19.0. The summed E-state index contributed by atoms with van der Waals surface area (Å²) >= 11 is 0. The number of piperidine rings is 1. The molecule has 1 fully saturated rings. The summed E-state index contributed by atoms with van der Waals surface area (Å²) in [5.74, 6) is -0.436. The van der Waals surface area contributed by atoms with Crippen LogP contribution in [0.4, 0.5) is 4.39 Å². The minimum atomic E-state index is -0.551. The Kier molecular flexibility index (Phi) is 9.73. The Morgan fingerprint density at radius 3 is 2.69 bits per heavy atom. The molecule has 2 unspecified atom stereocenters. The lowest BCUT2D eigenvalue weighted by Gasteiger charge is -2.36. The zero-order valence-electron chi connectivity index (χ0n) is 20.8. The molecule has 2 amide bonds. The summed E-state index contributed by atoms with van der Waals surface area (Å²) < 4.78 is 14.5. The number of hydrogen-bond acceptors (Lipinski definition) is 4. The predicted octanol–water partition coefficient (Wildman–Crippen LogP) is 4.44. The quantitative estimate of drug-likeness (QED) is 0.318. The van der Waals surface area contributed by atoms with Crippen LogP contribution in [0.3, 0.4) is 0 Å². The standard InChI is InChI=1S/C28H35FN4O2/c1-4-5-14-33-15-13-20(2)24(19-33)18-30-28(35)25-17-22(11-12-26(25)29)16-21(3)31-32-27(34)23-9-7-6-8-10-23/h4-12,17,20,24H,13-16,18-19H2,1-3H3,(H,30,35)(H,32,34)/b5-4+,31-21+. The lowest BCUT2D eigenvalue weighted by atomic mass is 9.87. The Bertz CT molecular complexity index is 1070. The summed E-state index contributed by atoms with van der Waals surface area (Å²) in [6, 6.07) is 13.3. The number of benzene rings is 2. The Morgan fingerprint density at radius 1 is 1.17 bits per heavy atom. The van der Waals surface area contributed by atoms with Gasteiger partial charge < -0.3 is 5.32 Å². The van der Waals surface area contributed by atoms with Crippen LogP contribution < -0.4 is 10.7 Å². The fourth-order valence-electron chi connectivity index (χ4n) is 4.22. The van der Waals surface area contributed by atoms with Gasteiger partial charge in [0.05, 0.1) is 5.56 Å². The number of allylic oxidation sites excluding steroid dienone is 1. The number of rotatable bonds is 9. The first-order valence-electron chi connectivity index (χ1n) is 12.2. The van der Waals surface area contributed by atoms with Crippen molar-refractivity contribution in [3.63, 3.8) is 0 Å². The molecule has 1 heterocycles. The van der Waals surface area contributed by atoms with Crippen LogP contribution in [0, 0.1) is 17.7 Å². The second-order valence-corrected chi connectivity index (χ2v) is 9.21. The van der Waals surface area contributed by atoms with Gasteiger partial charge >= 0.3 is 0 Å². The summed E-state index contributed by atoms with van der Waals surface area (Å²) in [5, 5.41) is 7.08. The number of amides is 2. The van der Waals surface area contributed by atoms with E-state index in [1.54, 1.807) is 43.3 Å². The Hall–Kier alpha value is -3.32. The van der Waals surface area contributed by atoms with Gasteiger partial charge in [-0.1, -0.05) is 43.3 Å². The fourth-order valence-corrected chi connectivity index (χ4v) is 4.22. The van der Waals surface area contributed by atoms with E-state index in [0.717, 1.165) is 31.6 Å². The number of hydrogen-bond donors (Lipinski definition) is 2. The average Bonchev–Trinajstić information content (AvgIpc) is 2.87. The molecule has 0 bridgehead atoms. The lowest BCUT2D eigenvalue weighted by Crippen LogP contribution is -2.44. The topological polar surface area (TPSA) is 73.8 Å². The van der Waals surface area contributed by atoms with Gasteiger partial charge in [-0.2, -0.15) is 5.10 Å². The van der Waals surface area contributed by atoms with Crippen molar-refractivity contribution < 1.29 is 14.0 Å². The van der Waals surface area contributed by atoms with E-state index >= 15 is 0 Å². The maximum Gasteiger partial charge on any atom is 0.271 e. The summed E-state index contributed by atoms with van der Waals surface area (Å²) in [6.07, 6.45) is 5.66. The number of likely N-dealkylation sites (tertiary alicyclic amines) is 1. The van der Waals surface area contributed by atoms with Crippen LogP contribution in [0.15, 0.2) is 65.8 Å². The van der Waals surface area contributed by atoms with Crippen molar-refractivity contribution in [2.24, 2.45) is 16.9 Å². The molecule has 0 spiro atoms. The van der Waals surface area contributed by atoms with Crippen LogP contribution in [0.1, 0.15) is 53.5 Å². The Morgan fingerprint density at radius 2 is 1.94 bits per heavy atom. The van der Waals surface area contributed by atoms with Crippen molar-refractivity contribution in [3.05, 3.63) is 83.2 Å². The van der Waals surface area contributed by atoms with Gasteiger partial charge in [0.1, 0.15) is 5.82 Å². The van der Waals surface area contributed by atoms with Crippen molar-refractivity contribution in [2.75, 3.05) is 26.2 Å². The largest absolute Gasteiger partial charge is 0.352 e. The fraction of sp³-hybridized carbons (Fsp3) is 0.393. The molecule has 0 radical (unpaired) electrons. The zero-order chi connectivity index (χ0) is 25.2. The SMILES string of the molecule is C/C=C/CN1CCC(C)C(CNC(=O)c2cc(C/C(C)=N/NC(=O)c3ccccc3)ccc2F)C1. The van der Waals surface area contributed by atoms with Crippen LogP contribution in [0.25, 0.3) is 0 Å². The molecular formula is C28H35FN4O2. The van der Waals surface area contributed by atoms with E-state index in [4.69, 9.17) is 0 Å². The summed E-state index contributed by atoms with van der Waals surface area (Å²) in [5.41, 5.74) is 4.46. The van der Waals surface area contributed by atoms with Crippen LogP contribution in [-0.4, -0.2) is 48.6 Å². The number of carbonyl (C=O) groups excluding carboxylic acids is 2. The highest BCUT2D eigenvalue weighted by Gasteiger charge is 2.26. The molecule has 0 saturated carbocycles. The first-order valence-corrected chi connectivity index (χ1v) is 12.2. The highest BCUT2D eigenvalue weighted by Crippen LogP contribution is 2.23. The molecule has 0 aromatic heterocycles. The molecule has 0 aliphatic carbocycles. The van der Waals surface area contributed by atoms with Crippen molar-refractivity contribution in [3.8, 4) is 0 Å². The third kappa shape index (κ3) is 7.86. The van der Waals surface area contributed by atoms with Crippen molar-refractivity contribution in [1.29, 1.82) is 0 Å². The number of nitrogens with zero attached hydrogens (tertiary/aromatic N) is 2. The average molecular weight is 479 g/mol. The van der Waals surface area contributed by atoms with Crippen molar-refractivity contribution in [1.82, 2.24) is 15.6 Å². The molecule has 2 aromatic rings. The molecule has 1 aliphatic rings. The van der Waals surface area contributed by atoms with Crippen LogP contribution in [-0.2, 0) is 6.42 Å². The maximum absolute atomic E-state index is 14.5. The van der Waals surface area contributed by atoms with E-state index < -0.39 is 11.7 Å². The molecular weight excluding hydrogens is 443 g/mol. The first-order chi connectivity index (χ1) is 16.9. The van der Waals surface area contributed by atoms with Crippen molar-refractivity contribution >= 4 is 17.5 Å². The van der Waals surface area contributed by atoms with Gasteiger partial charge in [0.25, 0.3) is 11.8 Å². The lowest BCUT2D eigenvalue weighted by molar-refractivity contribution is 0.0906. The molecule has 1 aliphatic heterocycles. The zero-order valence-corrected chi connectivity index (χ0v) is 20.8. The van der Waals surface area contributed by atoms with Gasteiger partial charge in [0.15, 0.2) is 0 Å². The monoisotopic (exact) mass is 478 g/mol. The molecule has 2 N–H and O–H groups in total. The minimum absolute atomic E-state index is 0.0258. The van der Waals surface area contributed by atoms with E-state index in [2.05, 4.69) is 33.7 Å². The van der Waals surface area contributed by atoms with Gasteiger partial charge in [0.2, 0.25) is 0 Å². The first kappa shape index (κ1) is 26.3. The van der Waals surface area contributed by atoms with E-state index in [1.807, 2.05) is 19.1 Å². The maximum atomic E-state index is 14.5. The predicted molar refractivity (Wildman–Crippen MR) is 138 cm³/mol. The third-order valence-electron chi connectivity index (χ3n) is 6.44. The second kappa shape index (κ2) is 13.0. The van der Waals surface area contributed by atoms with E-state index in [-0.39, 0.29) is 11.5 Å². The molecule has 2 atom stereocenters. The van der Waals surface area contributed by atoms with Crippen LogP contribution in [0.2, 0.25) is 0 Å². The van der Waals surface area contributed by atoms with Crippen LogP contribution in [0.5, 0.6) is 0 Å². The molecule has 2 aromatic carbocycles. The van der Waals surface area contributed by atoms with E-state index in [9.17, 15) is 14.0 Å². The van der Waals surface area contributed by atoms with Gasteiger partial charge in [-0.25, -0.2) is 9.82 Å². The minimum Gasteiger partial charge on any atom is -0.352 e. The molecule has 6 nitrogen and oxygen atoms in total. The summed E-state index contributed by atoms with van der Waals surface area (Å²) in [4.78, 5) is 27.4. The second-order valence-electron chi connectivity index (χ2n) is 9.21. The molecule has 35 heavy (non-hydrogen) atoms. The van der Waals surface area contributed by atoms with E-state index in [1.165, 1.54) is 6.07 Å². The highest BCUT2D eigenvalue weighted by atomic mass is 19.1. The van der Waals surface area contributed by atoms with Gasteiger partial charge in [-0.3, -0.25) is 14.5 Å². The van der Waals surface area contributed by atoms with Gasteiger partial charge in [0, 0.05) is 37.3 Å². The Balaban J connectivity index is 1.57. The van der Waals surface area contributed by atoms with E-state index in [0.29, 0.717) is 36.1 Å². The Labute approximate surface area is 207 Å². The number of nitrogens with one attached hydrogen (secondary N) is 2. The summed E-state index contributed by atoms with van der Waals surface area (Å²) in [6.45, 7) is 9.40. The third-order valence-corrected chi connectivity index (χ3v) is 6.44. The molecule has 1 saturated heterocycles. The number of carbonyl (C=O) groups is 2. The number of halogens is 1. The van der Waals surface area contributed by atoms with Crippen LogP contribution >= 0.6 is 0 Å².